The molecule has 0 bridgehead atoms. The minimum Gasteiger partial charge on any atom is -0.354 e. The molecule has 1 amide bonds. The number of hydrogen-bond donors (Lipinski definition) is 2. The van der Waals surface area contributed by atoms with Gasteiger partial charge < -0.3 is 5.32 Å². The Morgan fingerprint density at radius 2 is 1.60 bits per heavy atom. The summed E-state index contributed by atoms with van der Waals surface area (Å²) in [5, 5.41) is 7.46. The molecule has 0 unspecified atom stereocenters. The number of amides is 1. The first kappa shape index (κ1) is 14.9. The fourth-order valence-corrected chi connectivity index (χ4v) is 3.68. The molecule has 110 valence electrons. The molecule has 1 aromatic rings. The molecule has 0 saturated carbocycles. The molecule has 1 aliphatic heterocycles. The van der Waals surface area contributed by atoms with Crippen molar-refractivity contribution in [3.63, 3.8) is 0 Å². The highest BCUT2D eigenvalue weighted by atomic mass is 32.2. The van der Waals surface area contributed by atoms with Gasteiger partial charge in [0.2, 0.25) is 26.0 Å². The number of carbonyl (C=O) groups is 1. The average molecular weight is 319 g/mol. The highest BCUT2D eigenvalue weighted by Crippen LogP contribution is 2.18. The van der Waals surface area contributed by atoms with Crippen molar-refractivity contribution in [2.45, 2.75) is 9.79 Å². The van der Waals surface area contributed by atoms with Crippen LogP contribution in [0.1, 0.15) is 0 Å². The van der Waals surface area contributed by atoms with Gasteiger partial charge in [0.25, 0.3) is 0 Å². The second-order valence-electron chi connectivity index (χ2n) is 4.20. The molecular formula is C10H13N3O5S2. The number of nitrogens with one attached hydrogen (secondary N) is 1. The molecule has 0 atom stereocenters. The quantitative estimate of drug-likeness (QED) is 0.697. The summed E-state index contributed by atoms with van der Waals surface area (Å²) in [7, 11) is -7.69. The number of piperazine rings is 1. The normalized spacial score (nSPS) is 17.8. The lowest BCUT2D eigenvalue weighted by atomic mass is 10.4. The minimum absolute atomic E-state index is 0.0837. The monoisotopic (exact) mass is 319 g/mol. The molecule has 0 radical (unpaired) electrons. The van der Waals surface area contributed by atoms with Gasteiger partial charge in [-0.2, -0.15) is 4.31 Å². The maximum Gasteiger partial charge on any atom is 0.243 e. The molecule has 2 rings (SSSR count). The third-order valence-electron chi connectivity index (χ3n) is 2.79. The van der Waals surface area contributed by atoms with Crippen LogP contribution >= 0.6 is 0 Å². The third-order valence-corrected chi connectivity index (χ3v) is 5.58. The van der Waals surface area contributed by atoms with E-state index in [1.165, 1.54) is 0 Å². The minimum atomic E-state index is -3.87. The lowest BCUT2D eigenvalue weighted by Gasteiger charge is -2.25. The third kappa shape index (κ3) is 2.98. The van der Waals surface area contributed by atoms with E-state index in [0.717, 1.165) is 28.6 Å². The summed E-state index contributed by atoms with van der Waals surface area (Å²) in [4.78, 5) is 11.0. The standard InChI is InChI=1S/C10H13N3O5S2/c11-19(15,16)8-1-3-9(4-2-8)20(17,18)13-6-5-12-10(14)7-13/h1-4H,5-7H2,(H,12,14)(H2,11,15,16). The maximum atomic E-state index is 12.3. The van der Waals surface area contributed by atoms with Crippen LogP contribution in [0.3, 0.4) is 0 Å². The zero-order valence-electron chi connectivity index (χ0n) is 10.3. The van der Waals surface area contributed by atoms with Crippen LogP contribution in [0.4, 0.5) is 0 Å². The van der Waals surface area contributed by atoms with Gasteiger partial charge in [0.15, 0.2) is 0 Å². The highest BCUT2D eigenvalue weighted by Gasteiger charge is 2.29. The Morgan fingerprint density at radius 1 is 1.05 bits per heavy atom. The van der Waals surface area contributed by atoms with Crippen LogP contribution in [0, 0.1) is 0 Å². The van der Waals surface area contributed by atoms with Crippen LogP contribution in [0.25, 0.3) is 0 Å². The first-order valence-electron chi connectivity index (χ1n) is 5.61. The zero-order chi connectivity index (χ0) is 15.0. The number of hydrogen-bond acceptors (Lipinski definition) is 5. The van der Waals surface area contributed by atoms with Crippen molar-refractivity contribution in [3.8, 4) is 0 Å². The van der Waals surface area contributed by atoms with E-state index < -0.39 is 20.0 Å². The predicted molar refractivity (Wildman–Crippen MR) is 69.6 cm³/mol. The molecule has 20 heavy (non-hydrogen) atoms. The van der Waals surface area contributed by atoms with Crippen molar-refractivity contribution < 1.29 is 21.6 Å². The van der Waals surface area contributed by atoms with Crippen LogP contribution < -0.4 is 10.5 Å². The lowest BCUT2D eigenvalue weighted by molar-refractivity contribution is -0.122. The molecule has 0 aliphatic carbocycles. The SMILES string of the molecule is NS(=O)(=O)c1ccc(S(=O)(=O)N2CCNC(=O)C2)cc1. The van der Waals surface area contributed by atoms with Crippen LogP contribution in [0.15, 0.2) is 34.1 Å². The molecule has 3 N–H and O–H groups in total. The van der Waals surface area contributed by atoms with Crippen molar-refractivity contribution in [2.75, 3.05) is 19.6 Å². The summed E-state index contributed by atoms with van der Waals surface area (Å²) in [5.41, 5.74) is 0. The van der Waals surface area contributed by atoms with Gasteiger partial charge >= 0.3 is 0 Å². The summed E-state index contributed by atoms with van der Waals surface area (Å²) < 4.78 is 47.8. The highest BCUT2D eigenvalue weighted by molar-refractivity contribution is 7.89. The predicted octanol–water partition coefficient (Wildman–Crippen LogP) is -1.55. The molecular weight excluding hydrogens is 306 g/mol. The Balaban J connectivity index is 2.32. The van der Waals surface area contributed by atoms with E-state index in [4.69, 9.17) is 5.14 Å². The maximum absolute atomic E-state index is 12.3. The second-order valence-corrected chi connectivity index (χ2v) is 7.70. The number of sulfonamides is 2. The summed E-state index contributed by atoms with van der Waals surface area (Å²) in [6, 6.07) is 4.54. The fourth-order valence-electron chi connectivity index (χ4n) is 1.77. The van der Waals surface area contributed by atoms with Gasteiger partial charge in [-0.3, -0.25) is 4.79 Å². The molecule has 0 aromatic heterocycles. The van der Waals surface area contributed by atoms with Gasteiger partial charge in [0.05, 0.1) is 16.3 Å². The Bertz CT molecular complexity index is 725. The van der Waals surface area contributed by atoms with Crippen LogP contribution in [0.5, 0.6) is 0 Å². The van der Waals surface area contributed by atoms with E-state index in [2.05, 4.69) is 5.32 Å². The second kappa shape index (κ2) is 5.13. The average Bonchev–Trinajstić information content (AvgIpc) is 2.38. The molecule has 1 heterocycles. The Labute approximate surface area is 116 Å². The fraction of sp³-hybridized carbons (Fsp3) is 0.300. The molecule has 1 aromatic carbocycles. The van der Waals surface area contributed by atoms with Crippen molar-refractivity contribution in [1.82, 2.24) is 9.62 Å². The number of nitrogens with two attached hydrogens (primary N) is 1. The number of carbonyl (C=O) groups excluding carboxylic acids is 1. The van der Waals surface area contributed by atoms with Gasteiger partial charge in [-0.15, -0.1) is 0 Å². The number of benzene rings is 1. The van der Waals surface area contributed by atoms with Gasteiger partial charge in [-0.25, -0.2) is 22.0 Å². The Hall–Kier alpha value is -1.49. The van der Waals surface area contributed by atoms with E-state index in [1.54, 1.807) is 0 Å². The summed E-state index contributed by atoms with van der Waals surface area (Å²) >= 11 is 0. The van der Waals surface area contributed by atoms with E-state index in [-0.39, 0.29) is 35.3 Å². The molecule has 1 saturated heterocycles. The number of nitrogens with zero attached hydrogens (tertiary/aromatic N) is 1. The largest absolute Gasteiger partial charge is 0.354 e. The van der Waals surface area contributed by atoms with Crippen molar-refractivity contribution in [2.24, 2.45) is 5.14 Å². The van der Waals surface area contributed by atoms with Gasteiger partial charge in [-0.1, -0.05) is 0 Å². The van der Waals surface area contributed by atoms with Crippen molar-refractivity contribution in [3.05, 3.63) is 24.3 Å². The molecule has 10 heteroatoms. The van der Waals surface area contributed by atoms with E-state index in [9.17, 15) is 21.6 Å². The first-order valence-corrected chi connectivity index (χ1v) is 8.59. The van der Waals surface area contributed by atoms with Gasteiger partial charge in [0.1, 0.15) is 0 Å². The molecule has 0 spiro atoms. The smallest absolute Gasteiger partial charge is 0.243 e. The molecule has 8 nitrogen and oxygen atoms in total. The summed E-state index contributed by atoms with van der Waals surface area (Å²) in [6.45, 7) is 0.164. The summed E-state index contributed by atoms with van der Waals surface area (Å²) in [6.07, 6.45) is 0. The summed E-state index contributed by atoms with van der Waals surface area (Å²) in [5.74, 6) is -0.374. The Morgan fingerprint density at radius 3 is 2.10 bits per heavy atom. The molecule has 1 fully saturated rings. The Kier molecular flexibility index (Phi) is 3.82. The van der Waals surface area contributed by atoms with Crippen LogP contribution in [0.2, 0.25) is 0 Å². The van der Waals surface area contributed by atoms with Crippen LogP contribution in [-0.2, 0) is 24.8 Å². The topological polar surface area (TPSA) is 127 Å². The van der Waals surface area contributed by atoms with Crippen molar-refractivity contribution >= 4 is 26.0 Å². The van der Waals surface area contributed by atoms with E-state index in [0.29, 0.717) is 0 Å². The zero-order valence-corrected chi connectivity index (χ0v) is 11.9. The molecule has 1 aliphatic rings. The van der Waals surface area contributed by atoms with Crippen LogP contribution in [-0.4, -0.2) is 46.7 Å². The van der Waals surface area contributed by atoms with Gasteiger partial charge in [-0.05, 0) is 24.3 Å². The number of primary sulfonamides is 1. The van der Waals surface area contributed by atoms with Gasteiger partial charge in [0, 0.05) is 13.1 Å². The van der Waals surface area contributed by atoms with Crippen molar-refractivity contribution in [1.29, 1.82) is 0 Å². The van der Waals surface area contributed by atoms with E-state index in [1.807, 2.05) is 0 Å². The van der Waals surface area contributed by atoms with E-state index >= 15 is 0 Å². The number of rotatable bonds is 3. The lowest BCUT2D eigenvalue weighted by Crippen LogP contribution is -2.49. The first-order chi connectivity index (χ1) is 9.21.